The standard InChI is InChI=1S/C20H16BrNO4S/c21-16-11-13-18(14-12-16)26-15-20(23)22(17-7-3-1-4-8-17)27(24,25)19-9-5-2-6-10-19/h1-14H,15H2. The Balaban J connectivity index is 1.90. The lowest BCUT2D eigenvalue weighted by molar-refractivity contribution is -0.119. The molecule has 0 aliphatic heterocycles. The van der Waals surface area contributed by atoms with Gasteiger partial charge in [0.1, 0.15) is 5.75 Å². The van der Waals surface area contributed by atoms with Crippen molar-refractivity contribution in [3.63, 3.8) is 0 Å². The van der Waals surface area contributed by atoms with Gasteiger partial charge in [-0.25, -0.2) is 8.42 Å². The number of amides is 1. The van der Waals surface area contributed by atoms with Gasteiger partial charge in [0.15, 0.2) is 6.61 Å². The second kappa shape index (κ2) is 8.37. The first-order valence-corrected chi connectivity index (χ1v) is 10.3. The fourth-order valence-electron chi connectivity index (χ4n) is 2.41. The topological polar surface area (TPSA) is 63.7 Å². The Bertz CT molecular complexity index is 1010. The molecule has 0 fully saturated rings. The van der Waals surface area contributed by atoms with E-state index < -0.39 is 22.5 Å². The molecule has 5 nitrogen and oxygen atoms in total. The largest absolute Gasteiger partial charge is 0.484 e. The molecule has 0 aromatic heterocycles. The van der Waals surface area contributed by atoms with Gasteiger partial charge in [0.05, 0.1) is 10.6 Å². The number of ether oxygens (including phenoxy) is 1. The van der Waals surface area contributed by atoms with Gasteiger partial charge < -0.3 is 4.74 Å². The van der Waals surface area contributed by atoms with Crippen LogP contribution in [0.15, 0.2) is 94.3 Å². The summed E-state index contributed by atoms with van der Waals surface area (Å²) in [7, 11) is -4.07. The summed E-state index contributed by atoms with van der Waals surface area (Å²) < 4.78 is 33.3. The molecule has 27 heavy (non-hydrogen) atoms. The van der Waals surface area contributed by atoms with E-state index in [4.69, 9.17) is 4.74 Å². The predicted octanol–water partition coefficient (Wildman–Crippen LogP) is 4.25. The molecule has 0 spiro atoms. The second-order valence-electron chi connectivity index (χ2n) is 5.55. The second-order valence-corrected chi connectivity index (χ2v) is 8.26. The van der Waals surface area contributed by atoms with Gasteiger partial charge in [-0.05, 0) is 48.5 Å². The molecule has 138 valence electrons. The molecule has 3 aromatic rings. The average molecular weight is 446 g/mol. The van der Waals surface area contributed by atoms with Crippen molar-refractivity contribution < 1.29 is 17.9 Å². The number of carbonyl (C=O) groups excluding carboxylic acids is 1. The minimum absolute atomic E-state index is 0.0332. The molecule has 0 unspecified atom stereocenters. The molecule has 0 N–H and O–H groups in total. The molecule has 7 heteroatoms. The molecule has 0 heterocycles. The number of sulfonamides is 1. The van der Waals surface area contributed by atoms with E-state index in [-0.39, 0.29) is 10.6 Å². The molecule has 0 aliphatic rings. The van der Waals surface area contributed by atoms with E-state index in [0.29, 0.717) is 5.75 Å². The first kappa shape index (κ1) is 19.1. The molecule has 0 bridgehead atoms. The molecule has 1 amide bonds. The monoisotopic (exact) mass is 445 g/mol. The lowest BCUT2D eigenvalue weighted by atomic mass is 10.3. The number of rotatable bonds is 6. The first-order chi connectivity index (χ1) is 13.0. The van der Waals surface area contributed by atoms with Crippen LogP contribution in [0.3, 0.4) is 0 Å². The molecule has 3 rings (SSSR count). The minimum atomic E-state index is -4.07. The normalized spacial score (nSPS) is 11.0. The zero-order valence-corrected chi connectivity index (χ0v) is 16.6. The van der Waals surface area contributed by atoms with Gasteiger partial charge in [-0.1, -0.05) is 52.3 Å². The smallest absolute Gasteiger partial charge is 0.278 e. The van der Waals surface area contributed by atoms with Crippen molar-refractivity contribution in [1.29, 1.82) is 0 Å². The van der Waals surface area contributed by atoms with Crippen molar-refractivity contribution in [2.24, 2.45) is 0 Å². The third-order valence-electron chi connectivity index (χ3n) is 3.67. The van der Waals surface area contributed by atoms with Crippen LogP contribution in [0.4, 0.5) is 5.69 Å². The fraction of sp³-hybridized carbons (Fsp3) is 0.0500. The SMILES string of the molecule is O=C(COc1ccc(Br)cc1)N(c1ccccc1)S(=O)(=O)c1ccccc1. The van der Waals surface area contributed by atoms with Gasteiger partial charge in [0.2, 0.25) is 0 Å². The van der Waals surface area contributed by atoms with E-state index in [2.05, 4.69) is 15.9 Å². The third kappa shape index (κ3) is 4.56. The summed E-state index contributed by atoms with van der Waals surface area (Å²) >= 11 is 3.32. The van der Waals surface area contributed by atoms with Crippen molar-refractivity contribution in [1.82, 2.24) is 0 Å². The van der Waals surface area contributed by atoms with Gasteiger partial charge in [0.25, 0.3) is 15.9 Å². The van der Waals surface area contributed by atoms with Gasteiger partial charge in [-0.3, -0.25) is 4.79 Å². The minimum Gasteiger partial charge on any atom is -0.484 e. The lowest BCUT2D eigenvalue weighted by Gasteiger charge is -2.22. The van der Waals surface area contributed by atoms with Crippen LogP contribution in [0, 0.1) is 0 Å². The lowest BCUT2D eigenvalue weighted by Crippen LogP contribution is -2.40. The number of nitrogens with zero attached hydrogens (tertiary/aromatic N) is 1. The van der Waals surface area contributed by atoms with Crippen LogP contribution in [0.1, 0.15) is 0 Å². The molecule has 0 saturated carbocycles. The maximum Gasteiger partial charge on any atom is 0.278 e. The summed E-state index contributed by atoms with van der Waals surface area (Å²) in [4.78, 5) is 12.8. The van der Waals surface area contributed by atoms with Crippen LogP contribution in [0.25, 0.3) is 0 Å². The van der Waals surface area contributed by atoms with Gasteiger partial charge in [-0.15, -0.1) is 0 Å². The Morgan fingerprint density at radius 3 is 2.00 bits per heavy atom. The van der Waals surface area contributed by atoms with E-state index >= 15 is 0 Å². The van der Waals surface area contributed by atoms with Crippen molar-refractivity contribution in [3.8, 4) is 5.75 Å². The maximum absolute atomic E-state index is 13.1. The summed E-state index contributed by atoms with van der Waals surface area (Å²) in [5, 5.41) is 0. The molecule has 0 atom stereocenters. The van der Waals surface area contributed by atoms with E-state index in [9.17, 15) is 13.2 Å². The van der Waals surface area contributed by atoms with Gasteiger partial charge in [0, 0.05) is 4.47 Å². The van der Waals surface area contributed by atoms with E-state index in [0.717, 1.165) is 8.78 Å². The van der Waals surface area contributed by atoms with Gasteiger partial charge in [-0.2, -0.15) is 4.31 Å². The van der Waals surface area contributed by atoms with Crippen LogP contribution < -0.4 is 9.04 Å². The highest BCUT2D eigenvalue weighted by molar-refractivity contribution is 9.10. The van der Waals surface area contributed by atoms with Crippen LogP contribution in [0.2, 0.25) is 0 Å². The van der Waals surface area contributed by atoms with Crippen LogP contribution in [-0.4, -0.2) is 20.9 Å². The third-order valence-corrected chi connectivity index (χ3v) is 5.97. The Hall–Kier alpha value is -2.64. The highest BCUT2D eigenvalue weighted by Gasteiger charge is 2.31. The number of hydrogen-bond donors (Lipinski definition) is 0. The maximum atomic E-state index is 13.1. The quantitative estimate of drug-likeness (QED) is 0.568. The summed E-state index contributed by atoms with van der Waals surface area (Å²) in [6, 6.07) is 23.0. The van der Waals surface area contributed by atoms with Crippen molar-refractivity contribution in [2.45, 2.75) is 4.90 Å². The number of halogens is 1. The Labute approximate surface area is 166 Å². The van der Waals surface area contributed by atoms with E-state index in [1.54, 1.807) is 72.8 Å². The van der Waals surface area contributed by atoms with Crippen molar-refractivity contribution in [2.75, 3.05) is 10.9 Å². The number of anilines is 1. The molecule has 0 aliphatic carbocycles. The predicted molar refractivity (Wildman–Crippen MR) is 107 cm³/mol. The van der Waals surface area contributed by atoms with E-state index in [1.165, 1.54) is 12.1 Å². The Morgan fingerprint density at radius 2 is 1.41 bits per heavy atom. The molecule has 0 saturated heterocycles. The average Bonchev–Trinajstić information content (AvgIpc) is 2.69. The summed E-state index contributed by atoms with van der Waals surface area (Å²) in [6.45, 7) is -0.414. The first-order valence-electron chi connectivity index (χ1n) is 8.05. The molecular formula is C20H16BrNO4S. The summed E-state index contributed by atoms with van der Waals surface area (Å²) in [5.41, 5.74) is 0.255. The van der Waals surface area contributed by atoms with E-state index in [1.807, 2.05) is 0 Å². The number of carbonyl (C=O) groups is 1. The zero-order valence-electron chi connectivity index (χ0n) is 14.2. The van der Waals surface area contributed by atoms with Crippen LogP contribution in [0.5, 0.6) is 5.75 Å². The molecular weight excluding hydrogens is 430 g/mol. The number of hydrogen-bond acceptors (Lipinski definition) is 4. The Morgan fingerprint density at radius 1 is 0.852 bits per heavy atom. The highest BCUT2D eigenvalue weighted by Crippen LogP contribution is 2.24. The van der Waals surface area contributed by atoms with Crippen LogP contribution in [-0.2, 0) is 14.8 Å². The number of benzene rings is 3. The van der Waals surface area contributed by atoms with Crippen molar-refractivity contribution >= 4 is 37.5 Å². The molecule has 0 radical (unpaired) electrons. The summed E-state index contributed by atoms with van der Waals surface area (Å²) in [6.07, 6.45) is 0. The number of para-hydroxylation sites is 1. The Kier molecular flexibility index (Phi) is 5.93. The summed E-state index contributed by atoms with van der Waals surface area (Å²) in [5.74, 6) is -0.218. The fourth-order valence-corrected chi connectivity index (χ4v) is 4.11. The van der Waals surface area contributed by atoms with Gasteiger partial charge >= 0.3 is 0 Å². The highest BCUT2D eigenvalue weighted by atomic mass is 79.9. The molecule has 3 aromatic carbocycles. The van der Waals surface area contributed by atoms with Crippen LogP contribution >= 0.6 is 15.9 Å². The zero-order chi connectivity index (χ0) is 19.3. The van der Waals surface area contributed by atoms with Crippen molar-refractivity contribution in [3.05, 3.63) is 89.4 Å².